The van der Waals surface area contributed by atoms with Crippen molar-refractivity contribution in [3.63, 3.8) is 0 Å². The van der Waals surface area contributed by atoms with Crippen LogP contribution in [0.4, 0.5) is 0 Å². The van der Waals surface area contributed by atoms with Crippen LogP contribution in [0, 0.1) is 0 Å². The maximum Gasteiger partial charge on any atom is 0.000735 e. The van der Waals surface area contributed by atoms with E-state index in [0.29, 0.717) is 0 Å². The number of rotatable bonds is 8. The first-order valence-corrected chi connectivity index (χ1v) is 7.26. The summed E-state index contributed by atoms with van der Waals surface area (Å²) in [4.78, 5) is 0. The monoisotopic (exact) mass is 317 g/mol. The highest BCUT2D eigenvalue weighted by atomic mass is 127. The van der Waals surface area contributed by atoms with E-state index >= 15 is 0 Å². The van der Waals surface area contributed by atoms with Crippen LogP contribution in [0.2, 0.25) is 0 Å². The molecule has 0 unspecified atom stereocenters. The van der Waals surface area contributed by atoms with Crippen molar-refractivity contribution >= 4 is 22.6 Å². The van der Waals surface area contributed by atoms with Crippen molar-refractivity contribution in [3.05, 3.63) is 35.9 Å². The molecular formula is C13H20IN. The number of nitrogens with one attached hydrogen (secondary N) is 1. The minimum atomic E-state index is 1.17. The lowest BCUT2D eigenvalue weighted by molar-refractivity contribution is 0.620. The number of alkyl halides is 1. The van der Waals surface area contributed by atoms with Gasteiger partial charge < -0.3 is 5.32 Å². The van der Waals surface area contributed by atoms with Crippen LogP contribution in [0.25, 0.3) is 0 Å². The molecule has 0 saturated carbocycles. The summed E-state index contributed by atoms with van der Waals surface area (Å²) in [7, 11) is 0. The molecule has 0 aromatic heterocycles. The Bertz CT molecular complexity index is 236. The third-order valence-electron chi connectivity index (χ3n) is 2.40. The number of benzene rings is 1. The van der Waals surface area contributed by atoms with Crippen molar-refractivity contribution < 1.29 is 0 Å². The van der Waals surface area contributed by atoms with Gasteiger partial charge in [0.1, 0.15) is 0 Å². The molecule has 0 aliphatic rings. The minimum absolute atomic E-state index is 1.17. The van der Waals surface area contributed by atoms with Gasteiger partial charge in [-0.25, -0.2) is 0 Å². The Balaban J connectivity index is 1.93. The largest absolute Gasteiger partial charge is 0.317 e. The number of aryl methyl sites for hydroxylation is 1. The third-order valence-corrected chi connectivity index (χ3v) is 3.16. The summed E-state index contributed by atoms with van der Waals surface area (Å²) < 4.78 is 1.26. The van der Waals surface area contributed by atoms with Crippen molar-refractivity contribution in [1.82, 2.24) is 5.32 Å². The highest BCUT2D eigenvalue weighted by molar-refractivity contribution is 14.1. The average Bonchev–Trinajstić information content (AvgIpc) is 2.29. The second-order valence-electron chi connectivity index (χ2n) is 3.74. The maximum absolute atomic E-state index is 3.47. The minimum Gasteiger partial charge on any atom is -0.317 e. The van der Waals surface area contributed by atoms with Gasteiger partial charge in [0.15, 0.2) is 0 Å². The molecule has 0 amide bonds. The smallest absolute Gasteiger partial charge is 0.000735 e. The molecule has 1 N–H and O–H groups in total. The molecule has 1 aromatic carbocycles. The summed E-state index contributed by atoms with van der Waals surface area (Å²) in [6.45, 7) is 2.34. The summed E-state index contributed by atoms with van der Waals surface area (Å²) in [5, 5.41) is 3.47. The van der Waals surface area contributed by atoms with E-state index in [2.05, 4.69) is 58.2 Å². The highest BCUT2D eigenvalue weighted by Gasteiger charge is 1.92. The van der Waals surface area contributed by atoms with Crippen molar-refractivity contribution in [2.24, 2.45) is 0 Å². The lowest BCUT2D eigenvalue weighted by atomic mass is 10.1. The predicted molar refractivity (Wildman–Crippen MR) is 75.8 cm³/mol. The van der Waals surface area contributed by atoms with Gasteiger partial charge in [-0.2, -0.15) is 0 Å². The molecule has 0 radical (unpaired) electrons. The van der Waals surface area contributed by atoms with Crippen molar-refractivity contribution in [1.29, 1.82) is 0 Å². The maximum atomic E-state index is 3.47. The van der Waals surface area contributed by atoms with Crippen molar-refractivity contribution in [3.8, 4) is 0 Å². The molecule has 1 aromatic rings. The molecule has 0 spiro atoms. The predicted octanol–water partition coefficient (Wildman–Crippen LogP) is 3.42. The van der Waals surface area contributed by atoms with Gasteiger partial charge in [0.2, 0.25) is 0 Å². The standard InChI is InChI=1S/C13H20IN/c14-10-6-12-15-11-5-4-9-13-7-2-1-3-8-13/h1-3,7-8,15H,4-6,9-12H2. The SMILES string of the molecule is ICCCNCCCCc1ccccc1. The Labute approximate surface area is 107 Å². The van der Waals surface area contributed by atoms with Crippen LogP contribution in [-0.4, -0.2) is 17.5 Å². The Morgan fingerprint density at radius 2 is 1.67 bits per heavy atom. The fourth-order valence-corrected chi connectivity index (χ4v) is 1.92. The lowest BCUT2D eigenvalue weighted by Crippen LogP contribution is -2.16. The summed E-state index contributed by atoms with van der Waals surface area (Å²) in [6, 6.07) is 10.7. The Morgan fingerprint density at radius 3 is 2.40 bits per heavy atom. The number of unbranched alkanes of at least 4 members (excludes halogenated alkanes) is 1. The van der Waals surface area contributed by atoms with E-state index in [1.54, 1.807) is 0 Å². The molecule has 0 heterocycles. The summed E-state index contributed by atoms with van der Waals surface area (Å²) in [5.41, 5.74) is 1.46. The molecule has 0 aliphatic carbocycles. The van der Waals surface area contributed by atoms with E-state index in [0.717, 1.165) is 0 Å². The van der Waals surface area contributed by atoms with Gasteiger partial charge >= 0.3 is 0 Å². The fourth-order valence-electron chi connectivity index (χ4n) is 1.54. The van der Waals surface area contributed by atoms with Crippen molar-refractivity contribution in [2.45, 2.75) is 25.7 Å². The normalized spacial score (nSPS) is 10.5. The summed E-state index contributed by atoms with van der Waals surface area (Å²) in [6.07, 6.45) is 5.09. The first-order chi connectivity index (χ1) is 7.43. The fraction of sp³-hybridized carbons (Fsp3) is 0.538. The Hall–Kier alpha value is -0.0900. The van der Waals surface area contributed by atoms with Gasteiger partial charge in [-0.05, 0) is 44.3 Å². The van der Waals surface area contributed by atoms with E-state index < -0.39 is 0 Å². The quantitative estimate of drug-likeness (QED) is 0.440. The molecule has 1 rings (SSSR count). The van der Waals surface area contributed by atoms with Crippen LogP contribution in [0.1, 0.15) is 24.8 Å². The zero-order chi connectivity index (χ0) is 10.8. The van der Waals surface area contributed by atoms with Crippen LogP contribution >= 0.6 is 22.6 Å². The lowest BCUT2D eigenvalue weighted by Gasteiger charge is -2.03. The van der Waals surface area contributed by atoms with Crippen LogP contribution in [0.3, 0.4) is 0 Å². The van der Waals surface area contributed by atoms with E-state index in [1.807, 2.05) is 0 Å². The number of hydrogen-bond acceptors (Lipinski definition) is 1. The molecule has 0 saturated heterocycles. The van der Waals surface area contributed by atoms with Gasteiger partial charge in [0.05, 0.1) is 0 Å². The first kappa shape index (κ1) is 13.0. The molecule has 2 heteroatoms. The Morgan fingerprint density at radius 1 is 0.933 bits per heavy atom. The van der Waals surface area contributed by atoms with E-state index in [-0.39, 0.29) is 0 Å². The molecule has 84 valence electrons. The zero-order valence-electron chi connectivity index (χ0n) is 9.21. The average molecular weight is 317 g/mol. The van der Waals surface area contributed by atoms with E-state index in [9.17, 15) is 0 Å². The van der Waals surface area contributed by atoms with Crippen LogP contribution in [0.15, 0.2) is 30.3 Å². The third kappa shape index (κ3) is 6.90. The number of hydrogen-bond donors (Lipinski definition) is 1. The van der Waals surface area contributed by atoms with Gasteiger partial charge in [0.25, 0.3) is 0 Å². The van der Waals surface area contributed by atoms with Gasteiger partial charge in [-0.3, -0.25) is 0 Å². The summed E-state index contributed by atoms with van der Waals surface area (Å²) >= 11 is 2.42. The molecule has 0 atom stereocenters. The molecule has 0 fully saturated rings. The molecule has 1 nitrogen and oxygen atoms in total. The van der Waals surface area contributed by atoms with Crippen LogP contribution < -0.4 is 5.32 Å². The van der Waals surface area contributed by atoms with E-state index in [4.69, 9.17) is 0 Å². The van der Waals surface area contributed by atoms with E-state index in [1.165, 1.54) is 48.8 Å². The molecule has 15 heavy (non-hydrogen) atoms. The summed E-state index contributed by atoms with van der Waals surface area (Å²) in [5.74, 6) is 0. The second-order valence-corrected chi connectivity index (χ2v) is 4.81. The second kappa shape index (κ2) is 9.16. The van der Waals surface area contributed by atoms with Gasteiger partial charge in [-0.15, -0.1) is 0 Å². The number of halogens is 1. The molecular weight excluding hydrogens is 297 g/mol. The van der Waals surface area contributed by atoms with Crippen LogP contribution in [0.5, 0.6) is 0 Å². The molecule has 0 bridgehead atoms. The zero-order valence-corrected chi connectivity index (χ0v) is 11.4. The topological polar surface area (TPSA) is 12.0 Å². The molecule has 0 aliphatic heterocycles. The van der Waals surface area contributed by atoms with Gasteiger partial charge in [-0.1, -0.05) is 52.9 Å². The Kier molecular flexibility index (Phi) is 7.92. The van der Waals surface area contributed by atoms with Crippen LogP contribution in [-0.2, 0) is 6.42 Å². The van der Waals surface area contributed by atoms with Crippen molar-refractivity contribution in [2.75, 3.05) is 17.5 Å². The first-order valence-electron chi connectivity index (χ1n) is 5.74. The highest BCUT2D eigenvalue weighted by Crippen LogP contribution is 2.03. The van der Waals surface area contributed by atoms with Gasteiger partial charge in [0, 0.05) is 4.43 Å².